The lowest BCUT2D eigenvalue weighted by Gasteiger charge is -2.09. The van der Waals surface area contributed by atoms with Crippen LogP contribution in [0.1, 0.15) is 34.8 Å². The predicted molar refractivity (Wildman–Crippen MR) is 95.8 cm³/mol. The van der Waals surface area contributed by atoms with Crippen LogP contribution >= 0.6 is 0 Å². The van der Waals surface area contributed by atoms with E-state index < -0.39 is 10.0 Å². The molecule has 0 spiro atoms. The minimum absolute atomic E-state index is 0.181. The molecule has 0 atom stereocenters. The second-order valence-electron chi connectivity index (χ2n) is 5.75. The van der Waals surface area contributed by atoms with Crippen LogP contribution in [0.25, 0.3) is 0 Å². The molecule has 0 aliphatic heterocycles. The Morgan fingerprint density at radius 3 is 2.12 bits per heavy atom. The highest BCUT2D eigenvalue weighted by Gasteiger charge is 2.13. The first-order valence-electron chi connectivity index (χ1n) is 7.81. The molecule has 0 fully saturated rings. The summed E-state index contributed by atoms with van der Waals surface area (Å²) in [6.07, 6.45) is 0.725. The van der Waals surface area contributed by atoms with Crippen molar-refractivity contribution in [2.24, 2.45) is 0 Å². The minimum atomic E-state index is -3.49. The van der Waals surface area contributed by atoms with E-state index in [1.165, 1.54) is 12.1 Å². The highest BCUT2D eigenvalue weighted by molar-refractivity contribution is 7.89. The summed E-state index contributed by atoms with van der Waals surface area (Å²) in [5.41, 5.74) is 3.16. The second-order valence-corrected chi connectivity index (χ2v) is 7.52. The van der Waals surface area contributed by atoms with E-state index in [-0.39, 0.29) is 10.8 Å². The van der Waals surface area contributed by atoms with Crippen LogP contribution < -0.4 is 10.0 Å². The number of hydrogen-bond acceptors (Lipinski definition) is 3. The van der Waals surface area contributed by atoms with Gasteiger partial charge in [0, 0.05) is 17.8 Å². The van der Waals surface area contributed by atoms with Crippen molar-refractivity contribution in [2.45, 2.75) is 32.1 Å². The van der Waals surface area contributed by atoms with Crippen LogP contribution in [0.4, 0.5) is 5.69 Å². The molecule has 5 nitrogen and oxygen atoms in total. The third-order valence-electron chi connectivity index (χ3n) is 3.45. The number of sulfonamides is 1. The monoisotopic (exact) mass is 346 g/mol. The number of carbonyl (C=O) groups is 1. The molecule has 0 saturated heterocycles. The normalized spacial score (nSPS) is 11.3. The molecule has 2 aromatic carbocycles. The van der Waals surface area contributed by atoms with Crippen molar-refractivity contribution in [1.82, 2.24) is 4.72 Å². The fourth-order valence-corrected chi connectivity index (χ4v) is 3.48. The Balaban J connectivity index is 2.12. The number of hydrogen-bond donors (Lipinski definition) is 2. The molecule has 2 N–H and O–H groups in total. The topological polar surface area (TPSA) is 75.3 Å². The fourth-order valence-electron chi connectivity index (χ4n) is 2.35. The quantitative estimate of drug-likeness (QED) is 0.843. The molecule has 24 heavy (non-hydrogen) atoms. The molecule has 0 aromatic heterocycles. The Morgan fingerprint density at radius 2 is 1.58 bits per heavy atom. The van der Waals surface area contributed by atoms with E-state index in [9.17, 15) is 13.2 Å². The molecule has 0 aliphatic carbocycles. The van der Waals surface area contributed by atoms with Crippen LogP contribution in [0.5, 0.6) is 0 Å². The van der Waals surface area contributed by atoms with Crippen molar-refractivity contribution in [1.29, 1.82) is 0 Å². The van der Waals surface area contributed by atoms with E-state index in [1.54, 1.807) is 12.1 Å². The van der Waals surface area contributed by atoms with Crippen molar-refractivity contribution in [3.63, 3.8) is 0 Å². The second kappa shape index (κ2) is 7.59. The van der Waals surface area contributed by atoms with Crippen molar-refractivity contribution < 1.29 is 13.2 Å². The van der Waals surface area contributed by atoms with Crippen LogP contribution in [-0.4, -0.2) is 20.9 Å². The fraction of sp³-hybridized carbons (Fsp3) is 0.278. The number of anilines is 1. The van der Waals surface area contributed by atoms with Gasteiger partial charge in [-0.15, -0.1) is 0 Å². The molecule has 2 aromatic rings. The van der Waals surface area contributed by atoms with Crippen molar-refractivity contribution in [3.05, 3.63) is 59.2 Å². The van der Waals surface area contributed by atoms with Crippen LogP contribution in [0, 0.1) is 13.8 Å². The van der Waals surface area contributed by atoms with E-state index in [2.05, 4.69) is 10.0 Å². The number of amides is 1. The van der Waals surface area contributed by atoms with Gasteiger partial charge in [0.1, 0.15) is 0 Å². The maximum absolute atomic E-state index is 12.3. The highest BCUT2D eigenvalue weighted by atomic mass is 32.2. The number of benzene rings is 2. The van der Waals surface area contributed by atoms with Gasteiger partial charge in [0.05, 0.1) is 4.90 Å². The zero-order chi connectivity index (χ0) is 17.7. The summed E-state index contributed by atoms with van der Waals surface area (Å²) in [6, 6.07) is 11.8. The predicted octanol–water partition coefficient (Wildman–Crippen LogP) is 3.24. The largest absolute Gasteiger partial charge is 0.322 e. The van der Waals surface area contributed by atoms with Crippen LogP contribution in [0.15, 0.2) is 47.4 Å². The number of rotatable bonds is 6. The smallest absolute Gasteiger partial charge is 0.255 e. The average Bonchev–Trinajstić information content (AvgIpc) is 2.52. The summed E-state index contributed by atoms with van der Waals surface area (Å²) in [7, 11) is -3.49. The Labute approximate surface area is 143 Å². The Hall–Kier alpha value is -2.18. The summed E-state index contributed by atoms with van der Waals surface area (Å²) in [5.74, 6) is -0.221. The van der Waals surface area contributed by atoms with Gasteiger partial charge >= 0.3 is 0 Å². The van der Waals surface area contributed by atoms with E-state index >= 15 is 0 Å². The van der Waals surface area contributed by atoms with Gasteiger partial charge in [-0.3, -0.25) is 4.79 Å². The van der Waals surface area contributed by atoms with Crippen LogP contribution in [0.3, 0.4) is 0 Å². The summed E-state index contributed by atoms with van der Waals surface area (Å²) in [6.45, 7) is 6.17. The lowest BCUT2D eigenvalue weighted by atomic mass is 10.1. The van der Waals surface area contributed by atoms with E-state index in [0.717, 1.165) is 17.5 Å². The zero-order valence-corrected chi connectivity index (χ0v) is 14.9. The standard InChI is InChI=1S/C18H22N2O3S/c1-4-9-19-24(22,23)17-7-5-16(6-8-17)20-18(21)15-11-13(2)10-14(3)12-15/h5-8,10-12,19H,4,9H2,1-3H3,(H,20,21). The molecule has 0 bridgehead atoms. The lowest BCUT2D eigenvalue weighted by Crippen LogP contribution is -2.24. The third kappa shape index (κ3) is 4.66. The van der Waals surface area contributed by atoms with Gasteiger partial charge in [0.25, 0.3) is 5.91 Å². The van der Waals surface area contributed by atoms with Crippen LogP contribution in [0.2, 0.25) is 0 Å². The molecule has 1 amide bonds. The summed E-state index contributed by atoms with van der Waals surface area (Å²) in [4.78, 5) is 12.5. The molecule has 2 rings (SSSR count). The first-order chi connectivity index (χ1) is 11.3. The number of nitrogens with one attached hydrogen (secondary N) is 2. The molecular formula is C18H22N2O3S. The SMILES string of the molecule is CCCNS(=O)(=O)c1ccc(NC(=O)c2cc(C)cc(C)c2)cc1. The van der Waals surface area contributed by atoms with Gasteiger partial charge in [-0.05, 0) is 56.7 Å². The molecular weight excluding hydrogens is 324 g/mol. The maximum atomic E-state index is 12.3. The molecule has 128 valence electrons. The Bertz CT molecular complexity index is 808. The van der Waals surface area contributed by atoms with Gasteiger partial charge in [-0.25, -0.2) is 13.1 Å². The number of carbonyl (C=O) groups excluding carboxylic acids is 1. The van der Waals surface area contributed by atoms with Crippen molar-refractivity contribution in [3.8, 4) is 0 Å². The molecule has 0 radical (unpaired) electrons. The molecule has 0 aliphatic rings. The number of aryl methyl sites for hydroxylation is 2. The molecule has 0 unspecified atom stereocenters. The minimum Gasteiger partial charge on any atom is -0.322 e. The summed E-state index contributed by atoms with van der Waals surface area (Å²) in [5, 5.41) is 2.78. The lowest BCUT2D eigenvalue weighted by molar-refractivity contribution is 0.102. The molecule has 6 heteroatoms. The third-order valence-corrected chi connectivity index (χ3v) is 4.93. The van der Waals surface area contributed by atoms with Crippen molar-refractivity contribution in [2.75, 3.05) is 11.9 Å². The Morgan fingerprint density at radius 1 is 1.00 bits per heavy atom. The molecule has 0 heterocycles. The Kier molecular flexibility index (Phi) is 5.75. The summed E-state index contributed by atoms with van der Waals surface area (Å²) < 4.78 is 26.6. The maximum Gasteiger partial charge on any atom is 0.255 e. The van der Waals surface area contributed by atoms with Crippen LogP contribution in [-0.2, 0) is 10.0 Å². The first kappa shape index (κ1) is 18.2. The van der Waals surface area contributed by atoms with E-state index in [0.29, 0.717) is 17.8 Å². The first-order valence-corrected chi connectivity index (χ1v) is 9.29. The summed E-state index contributed by atoms with van der Waals surface area (Å²) >= 11 is 0. The van der Waals surface area contributed by atoms with E-state index in [4.69, 9.17) is 0 Å². The average molecular weight is 346 g/mol. The highest BCUT2D eigenvalue weighted by Crippen LogP contribution is 2.16. The van der Waals surface area contributed by atoms with Crippen molar-refractivity contribution >= 4 is 21.6 Å². The van der Waals surface area contributed by atoms with Gasteiger partial charge in [0.2, 0.25) is 10.0 Å². The van der Waals surface area contributed by atoms with E-state index in [1.807, 2.05) is 39.0 Å². The van der Waals surface area contributed by atoms with Gasteiger partial charge in [-0.2, -0.15) is 0 Å². The van der Waals surface area contributed by atoms with Gasteiger partial charge in [0.15, 0.2) is 0 Å². The zero-order valence-electron chi connectivity index (χ0n) is 14.1. The van der Waals surface area contributed by atoms with Gasteiger partial charge in [-0.1, -0.05) is 24.1 Å². The van der Waals surface area contributed by atoms with Gasteiger partial charge < -0.3 is 5.32 Å². The molecule has 0 saturated carbocycles.